The zero-order valence-corrected chi connectivity index (χ0v) is 8.81. The van der Waals surface area contributed by atoms with Gasteiger partial charge in [-0.25, -0.2) is 9.18 Å². The van der Waals surface area contributed by atoms with Gasteiger partial charge in [-0.05, 0) is 18.6 Å². The predicted molar refractivity (Wildman–Crippen MR) is 56.5 cm³/mol. The summed E-state index contributed by atoms with van der Waals surface area (Å²) in [6.45, 7) is 1.99. The van der Waals surface area contributed by atoms with Crippen LogP contribution >= 0.6 is 0 Å². The average Bonchev–Trinajstić information content (AvgIpc) is 2.22. The predicted octanol–water partition coefficient (Wildman–Crippen LogP) is 2.09. The zero-order chi connectivity index (χ0) is 12.1. The number of nitrogen functional groups attached to an aromatic ring is 1. The molecule has 0 aliphatic carbocycles. The van der Waals surface area contributed by atoms with E-state index in [1.807, 2.05) is 0 Å². The summed E-state index contributed by atoms with van der Waals surface area (Å²) in [5.74, 6) is -0.540. The number of nitrogens with zero attached hydrogens (tertiary/aromatic N) is 1. The Labute approximate surface area is 92.2 Å². The molecule has 0 aromatic heterocycles. The van der Waals surface area contributed by atoms with Crippen LogP contribution in [0.3, 0.4) is 0 Å². The molecule has 0 bridgehead atoms. The van der Waals surface area contributed by atoms with Crippen LogP contribution in [-0.2, 0) is 0 Å². The lowest BCUT2D eigenvalue weighted by Gasteiger charge is -2.19. The van der Waals surface area contributed by atoms with Crippen molar-refractivity contribution < 1.29 is 19.1 Å². The highest BCUT2D eigenvalue weighted by atomic mass is 19.1. The molecule has 0 spiro atoms. The molecule has 1 rings (SSSR count). The van der Waals surface area contributed by atoms with Crippen LogP contribution in [0.4, 0.5) is 14.9 Å². The number of benzene rings is 1. The lowest BCUT2D eigenvalue weighted by atomic mass is 10.3. The highest BCUT2D eigenvalue weighted by molar-refractivity contribution is 5.64. The van der Waals surface area contributed by atoms with Crippen molar-refractivity contribution >= 4 is 11.8 Å². The van der Waals surface area contributed by atoms with E-state index in [-0.39, 0.29) is 18.0 Å². The van der Waals surface area contributed by atoms with Gasteiger partial charge >= 0.3 is 6.09 Å². The molecule has 0 fully saturated rings. The van der Waals surface area contributed by atoms with Crippen LogP contribution in [0.25, 0.3) is 0 Å². The van der Waals surface area contributed by atoms with Crippen molar-refractivity contribution in [1.82, 2.24) is 5.06 Å². The van der Waals surface area contributed by atoms with Crippen LogP contribution < -0.4 is 10.6 Å². The SMILES string of the molecule is CCCN(Oc1cc(F)ccc1N)C(=O)O. The molecule has 5 nitrogen and oxygen atoms in total. The fourth-order valence-electron chi connectivity index (χ4n) is 1.09. The highest BCUT2D eigenvalue weighted by Gasteiger charge is 2.14. The van der Waals surface area contributed by atoms with Gasteiger partial charge in [-0.1, -0.05) is 6.92 Å². The van der Waals surface area contributed by atoms with Gasteiger partial charge in [0.15, 0.2) is 5.75 Å². The Morgan fingerprint density at radius 2 is 2.31 bits per heavy atom. The molecule has 1 amide bonds. The summed E-state index contributed by atoms with van der Waals surface area (Å²) in [5, 5.41) is 9.51. The Bertz CT molecular complexity index is 384. The van der Waals surface area contributed by atoms with Crippen molar-refractivity contribution in [3.05, 3.63) is 24.0 Å². The number of amides is 1. The number of halogens is 1. The quantitative estimate of drug-likeness (QED) is 0.611. The molecule has 0 aliphatic rings. The van der Waals surface area contributed by atoms with E-state index in [1.165, 1.54) is 12.1 Å². The van der Waals surface area contributed by atoms with Crippen LogP contribution in [-0.4, -0.2) is 22.8 Å². The maximum absolute atomic E-state index is 12.9. The van der Waals surface area contributed by atoms with Crippen LogP contribution in [0.15, 0.2) is 18.2 Å². The van der Waals surface area contributed by atoms with Crippen LogP contribution in [0.5, 0.6) is 5.75 Å². The Kier molecular flexibility index (Phi) is 3.93. The van der Waals surface area contributed by atoms with E-state index in [4.69, 9.17) is 15.7 Å². The number of carboxylic acid groups (broad SMARTS) is 1. The molecule has 1 aromatic carbocycles. The van der Waals surface area contributed by atoms with Crippen molar-refractivity contribution in [3.8, 4) is 5.75 Å². The number of hydrogen-bond acceptors (Lipinski definition) is 3. The zero-order valence-electron chi connectivity index (χ0n) is 8.81. The molecule has 0 heterocycles. The minimum Gasteiger partial charge on any atom is -0.463 e. The summed E-state index contributed by atoms with van der Waals surface area (Å²) in [7, 11) is 0. The molecule has 6 heteroatoms. The summed E-state index contributed by atoms with van der Waals surface area (Å²) < 4.78 is 12.9. The molecule has 0 radical (unpaired) electrons. The van der Waals surface area contributed by atoms with Crippen molar-refractivity contribution in [3.63, 3.8) is 0 Å². The van der Waals surface area contributed by atoms with Gasteiger partial charge in [0.25, 0.3) is 0 Å². The van der Waals surface area contributed by atoms with Crippen molar-refractivity contribution in [2.24, 2.45) is 0 Å². The Hall–Kier alpha value is -1.98. The fraction of sp³-hybridized carbons (Fsp3) is 0.300. The van der Waals surface area contributed by atoms with Gasteiger partial charge in [-0.2, -0.15) is 0 Å². The van der Waals surface area contributed by atoms with Crippen molar-refractivity contribution in [2.45, 2.75) is 13.3 Å². The first kappa shape index (κ1) is 12.1. The van der Waals surface area contributed by atoms with Crippen molar-refractivity contribution in [2.75, 3.05) is 12.3 Å². The maximum Gasteiger partial charge on any atom is 0.440 e. The lowest BCUT2D eigenvalue weighted by Crippen LogP contribution is -2.33. The third-order valence-electron chi connectivity index (χ3n) is 1.82. The van der Waals surface area contributed by atoms with E-state index in [0.29, 0.717) is 11.5 Å². The Morgan fingerprint density at radius 3 is 2.88 bits per heavy atom. The fourth-order valence-corrected chi connectivity index (χ4v) is 1.09. The number of anilines is 1. The molecule has 0 aliphatic heterocycles. The molecule has 16 heavy (non-hydrogen) atoms. The van der Waals surface area contributed by atoms with Gasteiger partial charge in [0.2, 0.25) is 0 Å². The molecule has 3 N–H and O–H groups in total. The average molecular weight is 228 g/mol. The normalized spacial score (nSPS) is 9.88. The van der Waals surface area contributed by atoms with Gasteiger partial charge in [0.1, 0.15) is 5.82 Å². The molecule has 0 saturated carbocycles. The Balaban J connectivity index is 2.84. The van der Waals surface area contributed by atoms with E-state index in [2.05, 4.69) is 0 Å². The van der Waals surface area contributed by atoms with Gasteiger partial charge in [0, 0.05) is 6.07 Å². The molecule has 0 saturated heterocycles. The molecular formula is C10H13FN2O3. The second-order valence-corrected chi connectivity index (χ2v) is 3.16. The van der Waals surface area contributed by atoms with E-state index in [1.54, 1.807) is 6.92 Å². The van der Waals surface area contributed by atoms with Crippen LogP contribution in [0.2, 0.25) is 0 Å². The molecule has 1 aromatic rings. The minimum absolute atomic E-state index is 0.00384. The third-order valence-corrected chi connectivity index (χ3v) is 1.82. The van der Waals surface area contributed by atoms with Gasteiger partial charge in [0.05, 0.1) is 12.2 Å². The van der Waals surface area contributed by atoms with Crippen LogP contribution in [0.1, 0.15) is 13.3 Å². The lowest BCUT2D eigenvalue weighted by molar-refractivity contribution is -0.0351. The smallest absolute Gasteiger partial charge is 0.440 e. The summed E-state index contributed by atoms with van der Waals surface area (Å²) in [4.78, 5) is 15.8. The standard InChI is InChI=1S/C10H13FN2O3/c1-2-5-13(10(14)15)16-9-6-7(11)3-4-8(9)12/h3-4,6H,2,5,12H2,1H3,(H,14,15). The second kappa shape index (κ2) is 5.20. The monoisotopic (exact) mass is 228 g/mol. The minimum atomic E-state index is -1.24. The summed E-state index contributed by atoms with van der Waals surface area (Å²) in [6, 6.07) is 3.53. The molecule has 0 unspecified atom stereocenters. The maximum atomic E-state index is 12.9. The van der Waals surface area contributed by atoms with E-state index < -0.39 is 11.9 Å². The van der Waals surface area contributed by atoms with Gasteiger partial charge < -0.3 is 15.7 Å². The van der Waals surface area contributed by atoms with Gasteiger partial charge in [-0.15, -0.1) is 5.06 Å². The second-order valence-electron chi connectivity index (χ2n) is 3.16. The highest BCUT2D eigenvalue weighted by Crippen LogP contribution is 2.23. The number of hydrogen-bond donors (Lipinski definition) is 2. The molecule has 88 valence electrons. The van der Waals surface area contributed by atoms with Gasteiger partial charge in [-0.3, -0.25) is 0 Å². The topological polar surface area (TPSA) is 75.8 Å². The van der Waals surface area contributed by atoms with Crippen LogP contribution in [0, 0.1) is 5.82 Å². The Morgan fingerprint density at radius 1 is 1.62 bits per heavy atom. The van der Waals surface area contributed by atoms with E-state index >= 15 is 0 Å². The van der Waals surface area contributed by atoms with Crippen molar-refractivity contribution in [1.29, 1.82) is 0 Å². The summed E-state index contributed by atoms with van der Waals surface area (Å²) in [5.41, 5.74) is 5.71. The molecular weight excluding hydrogens is 215 g/mol. The van der Waals surface area contributed by atoms with E-state index in [9.17, 15) is 9.18 Å². The first-order chi connectivity index (χ1) is 7.54. The number of rotatable bonds is 4. The first-order valence-corrected chi connectivity index (χ1v) is 4.78. The summed E-state index contributed by atoms with van der Waals surface area (Å²) >= 11 is 0. The summed E-state index contributed by atoms with van der Waals surface area (Å²) in [6.07, 6.45) is -0.660. The number of nitrogens with two attached hydrogens (primary N) is 1. The largest absolute Gasteiger partial charge is 0.463 e. The number of carbonyl (C=O) groups is 1. The molecule has 0 atom stereocenters. The first-order valence-electron chi connectivity index (χ1n) is 4.78. The number of hydroxylamine groups is 2. The van der Waals surface area contributed by atoms with E-state index in [0.717, 1.165) is 6.07 Å². The third kappa shape index (κ3) is 3.01.